The van der Waals surface area contributed by atoms with Crippen LogP contribution in [-0.2, 0) is 12.8 Å². The number of nitrogens with zero attached hydrogens (tertiary/aromatic N) is 2. The van der Waals surface area contributed by atoms with Crippen LogP contribution in [0.3, 0.4) is 0 Å². The summed E-state index contributed by atoms with van der Waals surface area (Å²) in [5.41, 5.74) is 9.74. The number of H-pyrrole nitrogens is 1. The molecule has 1 aliphatic rings. The number of hydrogen-bond acceptors (Lipinski definition) is 3. The Morgan fingerprint density at radius 1 is 1.03 bits per heavy atom. The SMILES string of the molecule is Cc1cccc2c(CCNc3ncc4c(n3)-c3ccccc3C(c3ccc(Cl)cc3)C4)c[nH]c12. The minimum Gasteiger partial charge on any atom is -0.361 e. The molecule has 2 aromatic heterocycles. The molecule has 4 nitrogen and oxygen atoms in total. The maximum atomic E-state index is 6.13. The Balaban J connectivity index is 1.24. The van der Waals surface area contributed by atoms with Crippen molar-refractivity contribution in [3.05, 3.63) is 112 Å². The smallest absolute Gasteiger partial charge is 0.223 e. The van der Waals surface area contributed by atoms with Gasteiger partial charge in [0.25, 0.3) is 0 Å². The molecular formula is C29H25ClN4. The predicted molar refractivity (Wildman–Crippen MR) is 140 cm³/mol. The topological polar surface area (TPSA) is 53.6 Å². The average molecular weight is 465 g/mol. The quantitative estimate of drug-likeness (QED) is 0.296. The molecule has 5 heteroatoms. The molecule has 0 saturated heterocycles. The third-order valence-corrected chi connectivity index (χ3v) is 7.09. The van der Waals surface area contributed by atoms with Crippen LogP contribution in [-0.4, -0.2) is 21.5 Å². The maximum Gasteiger partial charge on any atom is 0.223 e. The van der Waals surface area contributed by atoms with Gasteiger partial charge in [-0.25, -0.2) is 9.97 Å². The number of halogens is 1. The summed E-state index contributed by atoms with van der Waals surface area (Å²) < 4.78 is 0. The molecule has 0 fully saturated rings. The minimum atomic E-state index is 0.272. The highest BCUT2D eigenvalue weighted by Crippen LogP contribution is 2.42. The van der Waals surface area contributed by atoms with Crippen LogP contribution in [0.4, 0.5) is 5.95 Å². The van der Waals surface area contributed by atoms with Crippen LogP contribution < -0.4 is 5.32 Å². The monoisotopic (exact) mass is 464 g/mol. The third kappa shape index (κ3) is 3.74. The second kappa shape index (κ2) is 8.62. The Kier molecular flexibility index (Phi) is 5.31. The highest BCUT2D eigenvalue weighted by molar-refractivity contribution is 6.30. The number of aryl methyl sites for hydroxylation is 1. The summed E-state index contributed by atoms with van der Waals surface area (Å²) in [6.07, 6.45) is 5.88. The summed E-state index contributed by atoms with van der Waals surface area (Å²) in [7, 11) is 0. The van der Waals surface area contributed by atoms with Crippen LogP contribution in [0.2, 0.25) is 5.02 Å². The van der Waals surface area contributed by atoms with E-state index in [1.807, 2.05) is 18.3 Å². The van der Waals surface area contributed by atoms with E-state index in [2.05, 4.69) is 83.0 Å². The van der Waals surface area contributed by atoms with Crippen LogP contribution in [0, 0.1) is 6.92 Å². The van der Waals surface area contributed by atoms with Gasteiger partial charge in [0.05, 0.1) is 5.69 Å². The van der Waals surface area contributed by atoms with E-state index in [1.165, 1.54) is 44.3 Å². The van der Waals surface area contributed by atoms with Gasteiger partial charge in [0.15, 0.2) is 0 Å². The molecule has 3 aromatic carbocycles. The first-order valence-corrected chi connectivity index (χ1v) is 12.1. The predicted octanol–water partition coefficient (Wildman–Crippen LogP) is 6.93. The fourth-order valence-corrected chi connectivity index (χ4v) is 5.22. The first kappa shape index (κ1) is 20.9. The largest absolute Gasteiger partial charge is 0.361 e. The molecule has 0 saturated carbocycles. The minimum absolute atomic E-state index is 0.272. The zero-order chi connectivity index (χ0) is 23.1. The van der Waals surface area contributed by atoms with Crippen molar-refractivity contribution in [3.8, 4) is 11.3 Å². The number of anilines is 1. The lowest BCUT2D eigenvalue weighted by Gasteiger charge is -2.27. The van der Waals surface area contributed by atoms with Gasteiger partial charge in [-0.2, -0.15) is 0 Å². The molecule has 0 amide bonds. The van der Waals surface area contributed by atoms with Gasteiger partial charge in [-0.1, -0.05) is 66.2 Å². The summed E-state index contributed by atoms with van der Waals surface area (Å²) in [6.45, 7) is 2.91. The van der Waals surface area contributed by atoms with Crippen LogP contribution in [0.5, 0.6) is 0 Å². The van der Waals surface area contributed by atoms with Crippen molar-refractivity contribution in [3.63, 3.8) is 0 Å². The van der Waals surface area contributed by atoms with Gasteiger partial charge in [0.2, 0.25) is 5.95 Å². The van der Waals surface area contributed by atoms with Gasteiger partial charge in [0, 0.05) is 46.3 Å². The summed E-state index contributed by atoms with van der Waals surface area (Å²) in [5.74, 6) is 0.947. The van der Waals surface area contributed by atoms with E-state index in [4.69, 9.17) is 16.6 Å². The third-order valence-electron chi connectivity index (χ3n) is 6.84. The fraction of sp³-hybridized carbons (Fsp3) is 0.172. The van der Waals surface area contributed by atoms with Crippen molar-refractivity contribution in [1.29, 1.82) is 0 Å². The van der Waals surface area contributed by atoms with Crippen LogP contribution in [0.15, 0.2) is 79.1 Å². The lowest BCUT2D eigenvalue weighted by atomic mass is 9.78. The standard InChI is InChI=1S/C29H25ClN4/c1-18-5-4-8-23-20(16-32-27(18)23)13-14-31-29-33-17-21-15-26(19-9-11-22(30)12-10-19)24-6-2-3-7-25(24)28(21)34-29/h2-12,16-17,26,32H,13-15H2,1H3,(H,31,33,34). The highest BCUT2D eigenvalue weighted by atomic mass is 35.5. The van der Waals surface area contributed by atoms with Crippen LogP contribution in [0.25, 0.3) is 22.2 Å². The first-order valence-electron chi connectivity index (χ1n) is 11.7. The van der Waals surface area contributed by atoms with Crippen molar-refractivity contribution in [2.75, 3.05) is 11.9 Å². The Labute approximate surface area is 204 Å². The number of para-hydroxylation sites is 1. The number of fused-ring (bicyclic) bond motifs is 4. The molecular weight excluding hydrogens is 440 g/mol. The Morgan fingerprint density at radius 3 is 2.76 bits per heavy atom. The molecule has 0 bridgehead atoms. The normalized spacial score (nSPS) is 14.6. The summed E-state index contributed by atoms with van der Waals surface area (Å²) in [5, 5.41) is 5.49. The van der Waals surface area contributed by atoms with E-state index < -0.39 is 0 Å². The molecule has 1 unspecified atom stereocenters. The number of rotatable bonds is 5. The number of aromatic amines is 1. The molecule has 6 rings (SSSR count). The van der Waals surface area contributed by atoms with Crippen LogP contribution in [0.1, 0.15) is 33.7 Å². The average Bonchev–Trinajstić information content (AvgIpc) is 3.28. The van der Waals surface area contributed by atoms with E-state index in [-0.39, 0.29) is 5.92 Å². The maximum absolute atomic E-state index is 6.13. The molecule has 0 spiro atoms. The Hall–Kier alpha value is -3.63. The Morgan fingerprint density at radius 2 is 1.88 bits per heavy atom. The summed E-state index contributed by atoms with van der Waals surface area (Å²) >= 11 is 6.13. The first-order chi connectivity index (χ1) is 16.7. The van der Waals surface area contributed by atoms with Crippen molar-refractivity contribution >= 4 is 28.5 Å². The Bertz CT molecular complexity index is 1490. The zero-order valence-electron chi connectivity index (χ0n) is 19.0. The second-order valence-electron chi connectivity index (χ2n) is 8.95. The number of benzene rings is 3. The fourth-order valence-electron chi connectivity index (χ4n) is 5.09. The van der Waals surface area contributed by atoms with E-state index in [0.717, 1.165) is 30.1 Å². The second-order valence-corrected chi connectivity index (χ2v) is 9.39. The lowest BCUT2D eigenvalue weighted by molar-refractivity contribution is 0.781. The molecule has 2 heterocycles. The van der Waals surface area contributed by atoms with Gasteiger partial charge < -0.3 is 10.3 Å². The zero-order valence-corrected chi connectivity index (χ0v) is 19.7. The molecule has 0 aliphatic heterocycles. The van der Waals surface area contributed by atoms with Crippen molar-refractivity contribution in [2.45, 2.75) is 25.7 Å². The van der Waals surface area contributed by atoms with Gasteiger partial charge in [-0.3, -0.25) is 0 Å². The molecule has 5 aromatic rings. The van der Waals surface area contributed by atoms with Gasteiger partial charge in [-0.05, 0) is 59.7 Å². The van der Waals surface area contributed by atoms with E-state index in [0.29, 0.717) is 5.95 Å². The molecule has 0 radical (unpaired) electrons. The lowest BCUT2D eigenvalue weighted by Crippen LogP contribution is -2.16. The van der Waals surface area contributed by atoms with E-state index in [1.54, 1.807) is 0 Å². The molecule has 168 valence electrons. The number of nitrogens with one attached hydrogen (secondary N) is 2. The van der Waals surface area contributed by atoms with E-state index in [9.17, 15) is 0 Å². The van der Waals surface area contributed by atoms with Gasteiger partial charge in [0.1, 0.15) is 0 Å². The molecule has 1 atom stereocenters. The van der Waals surface area contributed by atoms with Crippen molar-refractivity contribution in [1.82, 2.24) is 15.0 Å². The number of hydrogen-bond donors (Lipinski definition) is 2. The van der Waals surface area contributed by atoms with Crippen LogP contribution >= 0.6 is 11.6 Å². The highest BCUT2D eigenvalue weighted by Gasteiger charge is 2.27. The summed E-state index contributed by atoms with van der Waals surface area (Å²) in [6, 6.07) is 23.2. The van der Waals surface area contributed by atoms with Gasteiger partial charge in [-0.15, -0.1) is 0 Å². The van der Waals surface area contributed by atoms with Crippen molar-refractivity contribution in [2.24, 2.45) is 0 Å². The van der Waals surface area contributed by atoms with Gasteiger partial charge >= 0.3 is 0 Å². The molecule has 1 aliphatic carbocycles. The van der Waals surface area contributed by atoms with E-state index >= 15 is 0 Å². The molecule has 34 heavy (non-hydrogen) atoms. The van der Waals surface area contributed by atoms with Crippen molar-refractivity contribution < 1.29 is 0 Å². The molecule has 2 N–H and O–H groups in total. The number of aromatic nitrogens is 3. The summed E-state index contributed by atoms with van der Waals surface area (Å²) in [4.78, 5) is 13.0.